The number of phenols is 1. The number of aromatic hydroxyl groups is 1. The average Bonchev–Trinajstić information content (AvgIpc) is 2.05. The third-order valence-corrected chi connectivity index (χ3v) is 2.79. The monoisotopic (exact) mass is 232 g/mol. The van der Waals surface area contributed by atoms with Gasteiger partial charge in [-0.1, -0.05) is 12.1 Å². The Morgan fingerprint density at radius 1 is 1.20 bits per heavy atom. The van der Waals surface area contributed by atoms with Crippen molar-refractivity contribution in [3.05, 3.63) is 29.8 Å². The molecular weight excluding hydrogens is 224 g/mol. The second-order valence-electron chi connectivity index (χ2n) is 2.82. The van der Waals surface area contributed by atoms with Gasteiger partial charge in [-0.05, 0) is 17.7 Å². The molecule has 1 atom stereocenters. The van der Waals surface area contributed by atoms with Crippen LogP contribution in [0.2, 0.25) is 0 Å². The molecule has 0 aliphatic heterocycles. The minimum Gasteiger partial charge on any atom is -0.508 e. The standard InChI is InChI=1S/C8H8O6S/c9-6-3-1-5(2-4-6)7(8(10)11)15(12,13)14/h1-4,7,9H,(H,10,11)(H,12,13,14)/t7-/m0/s1. The fourth-order valence-electron chi connectivity index (χ4n) is 1.09. The molecule has 0 saturated carbocycles. The minimum absolute atomic E-state index is 0.122. The maximum absolute atomic E-state index is 10.8. The zero-order valence-corrected chi connectivity index (χ0v) is 8.18. The van der Waals surface area contributed by atoms with Crippen molar-refractivity contribution in [1.29, 1.82) is 0 Å². The molecule has 1 aromatic carbocycles. The fourth-order valence-corrected chi connectivity index (χ4v) is 1.85. The summed E-state index contributed by atoms with van der Waals surface area (Å²) in [6, 6.07) is 4.50. The van der Waals surface area contributed by atoms with Gasteiger partial charge >= 0.3 is 5.97 Å². The first-order chi connectivity index (χ1) is 6.82. The lowest BCUT2D eigenvalue weighted by Crippen LogP contribution is -2.21. The van der Waals surface area contributed by atoms with Gasteiger partial charge in [-0.25, -0.2) is 0 Å². The van der Waals surface area contributed by atoms with Gasteiger partial charge in [-0.2, -0.15) is 8.42 Å². The summed E-state index contributed by atoms with van der Waals surface area (Å²) in [6.07, 6.45) is 0. The van der Waals surface area contributed by atoms with Crippen LogP contribution >= 0.6 is 0 Å². The van der Waals surface area contributed by atoms with Crippen LogP contribution in [0.3, 0.4) is 0 Å². The van der Waals surface area contributed by atoms with Gasteiger partial charge in [0.2, 0.25) is 5.25 Å². The summed E-state index contributed by atoms with van der Waals surface area (Å²) in [5.41, 5.74) is -0.122. The molecule has 0 radical (unpaired) electrons. The molecule has 0 fully saturated rings. The van der Waals surface area contributed by atoms with Crippen LogP contribution in [0.25, 0.3) is 0 Å². The van der Waals surface area contributed by atoms with Crippen LogP contribution < -0.4 is 0 Å². The summed E-state index contributed by atoms with van der Waals surface area (Å²) in [5.74, 6) is -1.80. The third kappa shape index (κ3) is 2.67. The van der Waals surface area contributed by atoms with Crippen LogP contribution in [0.1, 0.15) is 10.8 Å². The topological polar surface area (TPSA) is 112 Å². The number of carbonyl (C=O) groups is 1. The number of hydrogen-bond donors (Lipinski definition) is 3. The number of phenolic OH excluding ortho intramolecular Hbond substituents is 1. The smallest absolute Gasteiger partial charge is 0.329 e. The van der Waals surface area contributed by atoms with Crippen LogP contribution in [-0.2, 0) is 14.9 Å². The van der Waals surface area contributed by atoms with E-state index in [1.165, 1.54) is 0 Å². The zero-order chi connectivity index (χ0) is 11.6. The molecule has 0 bridgehead atoms. The predicted molar refractivity (Wildman–Crippen MR) is 50.0 cm³/mol. The van der Waals surface area contributed by atoms with Crippen LogP contribution in [0.5, 0.6) is 5.75 Å². The Morgan fingerprint density at radius 2 is 1.67 bits per heavy atom. The van der Waals surface area contributed by atoms with Crippen molar-refractivity contribution >= 4 is 16.1 Å². The van der Waals surface area contributed by atoms with Crippen molar-refractivity contribution in [2.75, 3.05) is 0 Å². The van der Waals surface area contributed by atoms with Gasteiger partial charge in [0.1, 0.15) is 5.75 Å². The van der Waals surface area contributed by atoms with Crippen molar-refractivity contribution in [2.24, 2.45) is 0 Å². The number of hydrogen-bond acceptors (Lipinski definition) is 4. The summed E-state index contributed by atoms with van der Waals surface area (Å²) < 4.78 is 30.2. The lowest BCUT2D eigenvalue weighted by Gasteiger charge is -2.08. The third-order valence-electron chi connectivity index (χ3n) is 1.72. The summed E-state index contributed by atoms with van der Waals surface area (Å²) >= 11 is 0. The van der Waals surface area contributed by atoms with E-state index in [0.717, 1.165) is 24.3 Å². The molecule has 82 valence electrons. The quantitative estimate of drug-likeness (QED) is 0.650. The highest BCUT2D eigenvalue weighted by Gasteiger charge is 2.32. The van der Waals surface area contributed by atoms with Crippen LogP contribution in [0.15, 0.2) is 24.3 Å². The lowest BCUT2D eigenvalue weighted by atomic mass is 10.1. The number of carboxylic acids is 1. The maximum atomic E-state index is 10.8. The summed E-state index contributed by atoms with van der Waals surface area (Å²) in [4.78, 5) is 10.6. The molecule has 0 aromatic heterocycles. The second-order valence-corrected chi connectivity index (χ2v) is 4.33. The Balaban J connectivity index is 3.23. The van der Waals surface area contributed by atoms with Crippen molar-refractivity contribution in [3.8, 4) is 5.75 Å². The van der Waals surface area contributed by atoms with Gasteiger partial charge in [0.25, 0.3) is 10.1 Å². The summed E-state index contributed by atoms with van der Waals surface area (Å²) in [5, 5.41) is 15.5. The Hall–Kier alpha value is -1.60. The van der Waals surface area contributed by atoms with Crippen LogP contribution in [-0.4, -0.2) is 29.2 Å². The van der Waals surface area contributed by atoms with E-state index in [4.69, 9.17) is 14.8 Å². The molecule has 0 aliphatic carbocycles. The van der Waals surface area contributed by atoms with E-state index < -0.39 is 21.3 Å². The predicted octanol–water partition coefficient (Wildman–Crippen LogP) is 0.406. The van der Waals surface area contributed by atoms with Crippen molar-refractivity contribution in [1.82, 2.24) is 0 Å². The molecular formula is C8H8O6S. The first-order valence-electron chi connectivity index (χ1n) is 3.80. The molecule has 0 amide bonds. The number of carboxylic acid groups (broad SMARTS) is 1. The zero-order valence-electron chi connectivity index (χ0n) is 7.36. The van der Waals surface area contributed by atoms with E-state index in [1.54, 1.807) is 0 Å². The van der Waals surface area contributed by atoms with Gasteiger partial charge in [0.05, 0.1) is 0 Å². The summed E-state index contributed by atoms with van der Waals surface area (Å²) in [6.45, 7) is 0. The Kier molecular flexibility index (Phi) is 2.96. The molecule has 3 N–H and O–H groups in total. The molecule has 15 heavy (non-hydrogen) atoms. The molecule has 0 heterocycles. The molecule has 1 rings (SSSR count). The highest BCUT2D eigenvalue weighted by atomic mass is 32.2. The molecule has 0 saturated heterocycles. The highest BCUT2D eigenvalue weighted by molar-refractivity contribution is 7.86. The molecule has 1 aromatic rings. The van der Waals surface area contributed by atoms with E-state index in [2.05, 4.69) is 0 Å². The Bertz CT molecular complexity index is 460. The molecule has 0 aliphatic rings. The highest BCUT2D eigenvalue weighted by Crippen LogP contribution is 2.23. The van der Waals surface area contributed by atoms with Crippen LogP contribution in [0, 0.1) is 0 Å². The molecule has 0 unspecified atom stereocenters. The van der Waals surface area contributed by atoms with E-state index in [0.29, 0.717) is 0 Å². The molecule has 7 heteroatoms. The van der Waals surface area contributed by atoms with E-state index in [-0.39, 0.29) is 11.3 Å². The van der Waals surface area contributed by atoms with Crippen molar-refractivity contribution in [2.45, 2.75) is 5.25 Å². The SMILES string of the molecule is O=C(O)[C@H](c1ccc(O)cc1)S(=O)(=O)O. The first-order valence-corrected chi connectivity index (χ1v) is 5.30. The van der Waals surface area contributed by atoms with Crippen LogP contribution in [0.4, 0.5) is 0 Å². The lowest BCUT2D eigenvalue weighted by molar-refractivity contribution is -0.136. The van der Waals surface area contributed by atoms with E-state index >= 15 is 0 Å². The Labute approximate surface area is 85.5 Å². The number of benzene rings is 1. The Morgan fingerprint density at radius 3 is 2.00 bits per heavy atom. The van der Waals surface area contributed by atoms with Crippen molar-refractivity contribution < 1.29 is 28.0 Å². The normalized spacial score (nSPS) is 13.4. The van der Waals surface area contributed by atoms with E-state index in [9.17, 15) is 13.2 Å². The van der Waals surface area contributed by atoms with Gasteiger partial charge in [0.15, 0.2) is 0 Å². The molecule has 6 nitrogen and oxygen atoms in total. The number of rotatable bonds is 3. The summed E-state index contributed by atoms with van der Waals surface area (Å²) in [7, 11) is -4.71. The van der Waals surface area contributed by atoms with Gasteiger partial charge in [0, 0.05) is 0 Å². The van der Waals surface area contributed by atoms with Gasteiger partial charge in [-0.15, -0.1) is 0 Å². The number of aliphatic carboxylic acids is 1. The largest absolute Gasteiger partial charge is 0.508 e. The molecule has 0 spiro atoms. The fraction of sp³-hybridized carbons (Fsp3) is 0.125. The average molecular weight is 232 g/mol. The van der Waals surface area contributed by atoms with E-state index in [1.807, 2.05) is 0 Å². The van der Waals surface area contributed by atoms with Gasteiger partial charge < -0.3 is 10.2 Å². The minimum atomic E-state index is -4.71. The van der Waals surface area contributed by atoms with Gasteiger partial charge in [-0.3, -0.25) is 9.35 Å². The van der Waals surface area contributed by atoms with Crippen molar-refractivity contribution in [3.63, 3.8) is 0 Å². The first kappa shape index (κ1) is 11.5. The second kappa shape index (κ2) is 3.87. The maximum Gasteiger partial charge on any atom is 0.329 e.